The van der Waals surface area contributed by atoms with E-state index in [4.69, 9.17) is 15.2 Å². The van der Waals surface area contributed by atoms with Crippen LogP contribution in [0.3, 0.4) is 0 Å². The molecule has 128 valence electrons. The van der Waals surface area contributed by atoms with Crippen molar-refractivity contribution in [2.75, 3.05) is 27.3 Å². The van der Waals surface area contributed by atoms with Crippen LogP contribution in [0.5, 0.6) is 11.5 Å². The van der Waals surface area contributed by atoms with Gasteiger partial charge in [-0.05, 0) is 11.6 Å². The lowest BCUT2D eigenvalue weighted by Gasteiger charge is -2.18. The zero-order chi connectivity index (χ0) is 17.1. The number of hydrogen-bond donors (Lipinski definition) is 1. The highest BCUT2D eigenvalue weighted by molar-refractivity contribution is 5.42. The highest BCUT2D eigenvalue weighted by Crippen LogP contribution is 2.33. The number of benzene rings is 1. The molecule has 1 aliphatic heterocycles. The van der Waals surface area contributed by atoms with Crippen molar-refractivity contribution in [1.82, 2.24) is 9.88 Å². The summed E-state index contributed by atoms with van der Waals surface area (Å²) in [6.45, 7) is 1.95. The van der Waals surface area contributed by atoms with Crippen molar-refractivity contribution < 1.29 is 13.9 Å². The number of likely N-dealkylation sites (tertiary alicyclic amines) is 1. The van der Waals surface area contributed by atoms with Crippen molar-refractivity contribution in [3.8, 4) is 11.5 Å². The van der Waals surface area contributed by atoms with Crippen molar-refractivity contribution in [2.45, 2.75) is 18.5 Å². The second-order valence-electron chi connectivity index (χ2n) is 5.98. The summed E-state index contributed by atoms with van der Waals surface area (Å²) < 4.78 is 24.8. The van der Waals surface area contributed by atoms with E-state index in [0.717, 1.165) is 5.69 Å². The fourth-order valence-corrected chi connectivity index (χ4v) is 3.32. The third-order valence-electron chi connectivity index (χ3n) is 4.49. The van der Waals surface area contributed by atoms with E-state index in [1.165, 1.54) is 6.07 Å². The summed E-state index contributed by atoms with van der Waals surface area (Å²) in [5.41, 5.74) is 7.73. The Morgan fingerprint density at radius 2 is 2.00 bits per heavy atom. The number of ether oxygens (including phenoxy) is 2. The second-order valence-corrected chi connectivity index (χ2v) is 5.98. The molecule has 0 amide bonds. The minimum absolute atomic E-state index is 0.0252. The van der Waals surface area contributed by atoms with Crippen LogP contribution >= 0.6 is 0 Å². The molecule has 2 heterocycles. The molecule has 1 aliphatic rings. The van der Waals surface area contributed by atoms with Crippen molar-refractivity contribution >= 4 is 0 Å². The topological polar surface area (TPSA) is 60.6 Å². The van der Waals surface area contributed by atoms with Gasteiger partial charge in [-0.25, -0.2) is 4.39 Å². The summed E-state index contributed by atoms with van der Waals surface area (Å²) in [7, 11) is 3.20. The van der Waals surface area contributed by atoms with Gasteiger partial charge in [0.05, 0.1) is 14.2 Å². The Labute approximate surface area is 141 Å². The van der Waals surface area contributed by atoms with E-state index in [0.29, 0.717) is 36.7 Å². The SMILES string of the molecule is COc1ccnc(CN2C[C@@H](N)[C@H](c3ccccc3F)C2)c1OC. The first-order valence-electron chi connectivity index (χ1n) is 7.92. The zero-order valence-corrected chi connectivity index (χ0v) is 13.9. The summed E-state index contributed by atoms with van der Waals surface area (Å²) in [6.07, 6.45) is 1.70. The number of hydrogen-bond acceptors (Lipinski definition) is 5. The van der Waals surface area contributed by atoms with Crippen LogP contribution in [0, 0.1) is 5.82 Å². The molecular weight excluding hydrogens is 309 g/mol. The Hall–Kier alpha value is -2.18. The number of nitrogens with zero attached hydrogens (tertiary/aromatic N) is 2. The molecule has 24 heavy (non-hydrogen) atoms. The summed E-state index contributed by atoms with van der Waals surface area (Å²) >= 11 is 0. The predicted octanol–water partition coefficient (Wildman–Crippen LogP) is 2.16. The van der Waals surface area contributed by atoms with Gasteiger partial charge >= 0.3 is 0 Å². The Balaban J connectivity index is 1.78. The van der Waals surface area contributed by atoms with Gasteiger partial charge in [0.2, 0.25) is 0 Å². The maximum Gasteiger partial charge on any atom is 0.183 e. The van der Waals surface area contributed by atoms with Crippen LogP contribution in [0.25, 0.3) is 0 Å². The number of methoxy groups -OCH3 is 2. The molecular formula is C18H22FN3O2. The monoisotopic (exact) mass is 331 g/mol. The van der Waals surface area contributed by atoms with Gasteiger partial charge in [-0.2, -0.15) is 0 Å². The summed E-state index contributed by atoms with van der Waals surface area (Å²) in [4.78, 5) is 6.57. The van der Waals surface area contributed by atoms with E-state index in [-0.39, 0.29) is 17.8 Å². The van der Waals surface area contributed by atoms with Crippen LogP contribution in [-0.4, -0.2) is 43.2 Å². The number of pyridine rings is 1. The predicted molar refractivity (Wildman–Crippen MR) is 89.7 cm³/mol. The Morgan fingerprint density at radius 3 is 2.71 bits per heavy atom. The van der Waals surface area contributed by atoms with Crippen LogP contribution in [0.4, 0.5) is 4.39 Å². The Kier molecular flexibility index (Phi) is 4.97. The van der Waals surface area contributed by atoms with Gasteiger partial charge < -0.3 is 15.2 Å². The number of rotatable bonds is 5. The third kappa shape index (κ3) is 3.20. The first-order chi connectivity index (χ1) is 11.6. The molecule has 0 aliphatic carbocycles. The van der Waals surface area contributed by atoms with Crippen LogP contribution < -0.4 is 15.2 Å². The van der Waals surface area contributed by atoms with E-state index in [9.17, 15) is 4.39 Å². The van der Waals surface area contributed by atoms with Gasteiger partial charge in [-0.3, -0.25) is 9.88 Å². The lowest BCUT2D eigenvalue weighted by atomic mass is 9.94. The molecule has 2 aromatic rings. The minimum Gasteiger partial charge on any atom is -0.493 e. The van der Waals surface area contributed by atoms with Crippen molar-refractivity contribution in [1.29, 1.82) is 0 Å². The average molecular weight is 331 g/mol. The van der Waals surface area contributed by atoms with Crippen molar-refractivity contribution in [3.05, 3.63) is 53.6 Å². The van der Waals surface area contributed by atoms with Crippen LogP contribution in [0.15, 0.2) is 36.5 Å². The van der Waals surface area contributed by atoms with Crippen molar-refractivity contribution in [2.24, 2.45) is 5.73 Å². The zero-order valence-electron chi connectivity index (χ0n) is 13.9. The Morgan fingerprint density at radius 1 is 1.21 bits per heavy atom. The molecule has 1 fully saturated rings. The van der Waals surface area contributed by atoms with Gasteiger partial charge in [0, 0.05) is 43.9 Å². The first kappa shape index (κ1) is 16.7. The van der Waals surface area contributed by atoms with E-state index >= 15 is 0 Å². The molecule has 0 radical (unpaired) electrons. The lowest BCUT2D eigenvalue weighted by Crippen LogP contribution is -2.29. The van der Waals surface area contributed by atoms with Crippen LogP contribution in [-0.2, 0) is 6.54 Å². The lowest BCUT2D eigenvalue weighted by molar-refractivity contribution is 0.301. The first-order valence-corrected chi connectivity index (χ1v) is 7.92. The normalized spacial score (nSPS) is 21.0. The van der Waals surface area contributed by atoms with Gasteiger partial charge in [0.25, 0.3) is 0 Å². The smallest absolute Gasteiger partial charge is 0.183 e. The highest BCUT2D eigenvalue weighted by Gasteiger charge is 2.33. The number of halogens is 1. The molecule has 2 atom stereocenters. The van der Waals surface area contributed by atoms with Crippen LogP contribution in [0.2, 0.25) is 0 Å². The summed E-state index contributed by atoms with van der Waals surface area (Å²) in [5, 5.41) is 0. The van der Waals surface area contributed by atoms with Gasteiger partial charge in [0.1, 0.15) is 11.5 Å². The Bertz CT molecular complexity index is 710. The molecule has 3 rings (SSSR count). The van der Waals surface area contributed by atoms with E-state index in [2.05, 4.69) is 9.88 Å². The molecule has 5 nitrogen and oxygen atoms in total. The van der Waals surface area contributed by atoms with Gasteiger partial charge in [-0.15, -0.1) is 0 Å². The molecule has 1 aromatic heterocycles. The highest BCUT2D eigenvalue weighted by atomic mass is 19.1. The maximum atomic E-state index is 14.1. The molecule has 0 spiro atoms. The molecule has 6 heteroatoms. The quantitative estimate of drug-likeness (QED) is 0.910. The third-order valence-corrected chi connectivity index (χ3v) is 4.49. The summed E-state index contributed by atoms with van der Waals surface area (Å²) in [6, 6.07) is 8.49. The van der Waals surface area contributed by atoms with E-state index in [1.54, 1.807) is 32.5 Å². The van der Waals surface area contributed by atoms with Gasteiger partial charge in [-0.1, -0.05) is 18.2 Å². The molecule has 0 bridgehead atoms. The molecule has 1 aromatic carbocycles. The van der Waals surface area contributed by atoms with E-state index < -0.39 is 0 Å². The number of nitrogens with two attached hydrogens (primary N) is 1. The van der Waals surface area contributed by atoms with Gasteiger partial charge in [0.15, 0.2) is 11.5 Å². The van der Waals surface area contributed by atoms with Crippen molar-refractivity contribution in [3.63, 3.8) is 0 Å². The standard InChI is InChI=1S/C18H22FN3O2/c1-23-17-7-8-21-16(18(17)24-2)11-22-9-13(15(20)10-22)12-5-3-4-6-14(12)19/h3-8,13,15H,9-11,20H2,1-2H3/t13-,15+/m0/s1. The minimum atomic E-state index is -0.197. The van der Waals surface area contributed by atoms with Crippen LogP contribution in [0.1, 0.15) is 17.2 Å². The molecule has 2 N–H and O–H groups in total. The fraction of sp³-hybridized carbons (Fsp3) is 0.389. The molecule has 0 unspecified atom stereocenters. The average Bonchev–Trinajstić information content (AvgIpc) is 2.95. The molecule has 0 saturated carbocycles. The molecule has 1 saturated heterocycles. The van der Waals surface area contributed by atoms with E-state index in [1.807, 2.05) is 12.1 Å². The largest absolute Gasteiger partial charge is 0.493 e. The second kappa shape index (κ2) is 7.15. The fourth-order valence-electron chi connectivity index (χ4n) is 3.32. The number of aromatic nitrogens is 1. The summed E-state index contributed by atoms with van der Waals surface area (Å²) in [5.74, 6) is 1.05. The maximum absolute atomic E-state index is 14.1.